The molecule has 2 rings (SSSR count). The number of benzene rings is 1. The second kappa shape index (κ2) is 5.13. The molecule has 19 heavy (non-hydrogen) atoms. The maximum absolute atomic E-state index is 11.8. The van der Waals surface area contributed by atoms with Crippen molar-refractivity contribution in [2.24, 2.45) is 0 Å². The number of phenols is 1. The maximum Gasteiger partial charge on any atom is 0.192 e. The van der Waals surface area contributed by atoms with Crippen molar-refractivity contribution < 1.29 is 29.6 Å². The molecule has 0 bridgehead atoms. The molecular weight excluding hydrogens is 252 g/mol. The van der Waals surface area contributed by atoms with Crippen molar-refractivity contribution in [3.05, 3.63) is 36.1 Å². The Labute approximate surface area is 108 Å². The van der Waals surface area contributed by atoms with E-state index in [1.54, 1.807) is 0 Å². The molecule has 0 spiro atoms. The zero-order valence-corrected chi connectivity index (χ0v) is 9.92. The third-order valence-corrected chi connectivity index (χ3v) is 2.77. The van der Waals surface area contributed by atoms with E-state index >= 15 is 0 Å². The minimum atomic E-state index is -0.540. The van der Waals surface area contributed by atoms with Crippen molar-refractivity contribution in [3.63, 3.8) is 0 Å². The predicted molar refractivity (Wildman–Crippen MR) is 66.4 cm³/mol. The SMILES string of the molecule is C=CCc1c(C(=O)COO)cc2occ(O)c2c1O. The fourth-order valence-electron chi connectivity index (χ4n) is 1.94. The molecule has 100 valence electrons. The lowest BCUT2D eigenvalue weighted by Crippen LogP contribution is -2.10. The van der Waals surface area contributed by atoms with Gasteiger partial charge < -0.3 is 14.6 Å². The summed E-state index contributed by atoms with van der Waals surface area (Å²) in [5, 5.41) is 28.2. The summed E-state index contributed by atoms with van der Waals surface area (Å²) in [4.78, 5) is 15.6. The second-order valence-electron chi connectivity index (χ2n) is 3.93. The van der Waals surface area contributed by atoms with Crippen molar-refractivity contribution >= 4 is 16.8 Å². The summed E-state index contributed by atoms with van der Waals surface area (Å²) in [7, 11) is 0. The van der Waals surface area contributed by atoms with E-state index in [4.69, 9.17) is 9.67 Å². The number of phenolic OH excluding ortho intramolecular Hbond substituents is 1. The number of furan rings is 1. The van der Waals surface area contributed by atoms with Crippen LogP contribution in [0.1, 0.15) is 15.9 Å². The molecule has 0 aliphatic heterocycles. The Hall–Kier alpha value is -2.31. The molecule has 0 saturated carbocycles. The molecule has 1 aromatic carbocycles. The van der Waals surface area contributed by atoms with Gasteiger partial charge in [0.05, 0.1) is 0 Å². The van der Waals surface area contributed by atoms with Crippen molar-refractivity contribution in [2.75, 3.05) is 6.61 Å². The first kappa shape index (κ1) is 13.1. The standard InChI is InChI=1S/C13H12O6/c1-2-3-7-8(9(14)6-19-17)4-11-12(13(7)16)10(15)5-18-11/h2,4-5,15-17H,1,3,6H2. The summed E-state index contributed by atoms with van der Waals surface area (Å²) in [5.74, 6) is -0.979. The zero-order valence-electron chi connectivity index (χ0n) is 9.92. The van der Waals surface area contributed by atoms with Gasteiger partial charge in [-0.2, -0.15) is 0 Å². The van der Waals surface area contributed by atoms with E-state index in [2.05, 4.69) is 11.5 Å². The molecule has 1 aromatic heterocycles. The second-order valence-corrected chi connectivity index (χ2v) is 3.93. The molecule has 6 heteroatoms. The van der Waals surface area contributed by atoms with Crippen LogP contribution in [-0.4, -0.2) is 27.9 Å². The van der Waals surface area contributed by atoms with Gasteiger partial charge in [-0.15, -0.1) is 6.58 Å². The Morgan fingerprint density at radius 3 is 2.84 bits per heavy atom. The van der Waals surface area contributed by atoms with Crippen LogP contribution in [0.4, 0.5) is 0 Å². The first-order valence-electron chi connectivity index (χ1n) is 5.45. The highest BCUT2D eigenvalue weighted by molar-refractivity contribution is 6.04. The molecule has 0 unspecified atom stereocenters. The van der Waals surface area contributed by atoms with Gasteiger partial charge in [0.25, 0.3) is 0 Å². The van der Waals surface area contributed by atoms with E-state index in [1.165, 1.54) is 12.1 Å². The molecule has 0 fully saturated rings. The summed E-state index contributed by atoms with van der Waals surface area (Å²) in [5.41, 5.74) is 0.610. The lowest BCUT2D eigenvalue weighted by atomic mass is 9.97. The van der Waals surface area contributed by atoms with E-state index in [9.17, 15) is 15.0 Å². The largest absolute Gasteiger partial charge is 0.507 e. The molecule has 2 aromatic rings. The monoisotopic (exact) mass is 264 g/mol. The summed E-state index contributed by atoms with van der Waals surface area (Å²) >= 11 is 0. The number of carbonyl (C=O) groups is 1. The number of Topliss-reactive ketones (excluding diaryl/α,β-unsaturated/α-hetero) is 1. The van der Waals surface area contributed by atoms with Crippen LogP contribution in [0.15, 0.2) is 29.4 Å². The van der Waals surface area contributed by atoms with Crippen molar-refractivity contribution in [1.82, 2.24) is 0 Å². The molecule has 3 N–H and O–H groups in total. The molecule has 0 aliphatic carbocycles. The molecule has 6 nitrogen and oxygen atoms in total. The van der Waals surface area contributed by atoms with E-state index in [-0.39, 0.29) is 34.5 Å². The first-order chi connectivity index (χ1) is 9.10. The number of fused-ring (bicyclic) bond motifs is 1. The lowest BCUT2D eigenvalue weighted by Gasteiger charge is -2.09. The maximum atomic E-state index is 11.8. The fourth-order valence-corrected chi connectivity index (χ4v) is 1.94. The van der Waals surface area contributed by atoms with Gasteiger partial charge in [-0.3, -0.25) is 10.1 Å². The molecule has 0 atom stereocenters. The van der Waals surface area contributed by atoms with Crippen molar-refractivity contribution in [1.29, 1.82) is 0 Å². The van der Waals surface area contributed by atoms with Gasteiger partial charge in [0.1, 0.15) is 29.6 Å². The minimum Gasteiger partial charge on any atom is -0.507 e. The molecular formula is C13H12O6. The van der Waals surface area contributed by atoms with E-state index in [0.717, 1.165) is 6.26 Å². The smallest absolute Gasteiger partial charge is 0.192 e. The minimum absolute atomic E-state index is 0.137. The number of hydrogen-bond donors (Lipinski definition) is 3. The highest BCUT2D eigenvalue weighted by Gasteiger charge is 2.21. The van der Waals surface area contributed by atoms with Gasteiger partial charge in [0.15, 0.2) is 11.5 Å². The number of carbonyl (C=O) groups excluding carboxylic acids is 1. The van der Waals surface area contributed by atoms with Crippen LogP contribution in [0.5, 0.6) is 11.5 Å². The van der Waals surface area contributed by atoms with Gasteiger partial charge in [-0.1, -0.05) is 6.08 Å². The fraction of sp³-hybridized carbons (Fsp3) is 0.154. The van der Waals surface area contributed by atoms with Gasteiger partial charge in [0.2, 0.25) is 0 Å². The van der Waals surface area contributed by atoms with Crippen LogP contribution in [0.3, 0.4) is 0 Å². The first-order valence-corrected chi connectivity index (χ1v) is 5.45. The van der Waals surface area contributed by atoms with Crippen LogP contribution in [0.2, 0.25) is 0 Å². The average molecular weight is 264 g/mol. The Kier molecular flexibility index (Phi) is 3.55. The number of allylic oxidation sites excluding steroid dienone is 1. The van der Waals surface area contributed by atoms with Crippen LogP contribution in [0.25, 0.3) is 11.0 Å². The van der Waals surface area contributed by atoms with Crippen LogP contribution in [-0.2, 0) is 11.3 Å². The Morgan fingerprint density at radius 2 is 2.21 bits per heavy atom. The third-order valence-electron chi connectivity index (χ3n) is 2.77. The lowest BCUT2D eigenvalue weighted by molar-refractivity contribution is -0.230. The van der Waals surface area contributed by atoms with Gasteiger partial charge >= 0.3 is 0 Å². The Balaban J connectivity index is 2.70. The number of ketones is 1. The molecule has 0 aliphatic rings. The topological polar surface area (TPSA) is 100 Å². The van der Waals surface area contributed by atoms with E-state index < -0.39 is 12.4 Å². The molecule has 0 amide bonds. The normalized spacial score (nSPS) is 10.8. The highest BCUT2D eigenvalue weighted by atomic mass is 17.1. The molecule has 0 saturated heterocycles. The van der Waals surface area contributed by atoms with Crippen molar-refractivity contribution in [2.45, 2.75) is 6.42 Å². The Morgan fingerprint density at radius 1 is 1.47 bits per heavy atom. The molecule has 0 radical (unpaired) electrons. The molecule has 1 heterocycles. The number of rotatable bonds is 5. The van der Waals surface area contributed by atoms with Crippen LogP contribution >= 0.6 is 0 Å². The average Bonchev–Trinajstić information content (AvgIpc) is 2.75. The van der Waals surface area contributed by atoms with Crippen LogP contribution in [0, 0.1) is 0 Å². The Bertz CT molecular complexity index is 640. The summed E-state index contributed by atoms with van der Waals surface area (Å²) in [6.45, 7) is 3.00. The number of hydrogen-bond acceptors (Lipinski definition) is 6. The van der Waals surface area contributed by atoms with Crippen molar-refractivity contribution in [3.8, 4) is 11.5 Å². The predicted octanol–water partition coefficient (Wildman–Crippen LogP) is 2.24. The van der Waals surface area contributed by atoms with Gasteiger partial charge in [-0.25, -0.2) is 4.89 Å². The van der Waals surface area contributed by atoms with Crippen LogP contribution < -0.4 is 0 Å². The quantitative estimate of drug-likeness (QED) is 0.331. The third kappa shape index (κ3) is 2.18. The van der Waals surface area contributed by atoms with E-state index in [1.807, 2.05) is 0 Å². The van der Waals surface area contributed by atoms with E-state index in [0.29, 0.717) is 5.56 Å². The zero-order chi connectivity index (χ0) is 14.0. The van der Waals surface area contributed by atoms with Gasteiger partial charge in [0, 0.05) is 11.1 Å². The number of aromatic hydroxyl groups is 2. The summed E-state index contributed by atoms with van der Waals surface area (Å²) < 4.78 is 5.04. The highest BCUT2D eigenvalue weighted by Crippen LogP contribution is 2.39. The van der Waals surface area contributed by atoms with Gasteiger partial charge in [-0.05, 0) is 12.5 Å². The summed E-state index contributed by atoms with van der Waals surface area (Å²) in [6.07, 6.45) is 2.80. The summed E-state index contributed by atoms with van der Waals surface area (Å²) in [6, 6.07) is 1.38.